The first-order valence-corrected chi connectivity index (χ1v) is 3.56. The van der Waals surface area contributed by atoms with Crippen molar-refractivity contribution >= 4 is 8.03 Å². The predicted molar refractivity (Wildman–Crippen MR) is 27.4 cm³/mol. The van der Waals surface area contributed by atoms with Gasteiger partial charge in [0.15, 0.2) is 0 Å². The molecule has 0 aliphatic carbocycles. The molecule has 0 aliphatic heterocycles. The van der Waals surface area contributed by atoms with Gasteiger partial charge < -0.3 is 4.89 Å². The molecule has 0 fully saturated rings. The summed E-state index contributed by atoms with van der Waals surface area (Å²) < 4.78 is 9.97. The van der Waals surface area contributed by atoms with Gasteiger partial charge in [0.25, 0.3) is 0 Å². The van der Waals surface area contributed by atoms with Gasteiger partial charge in [0.05, 0.1) is 0 Å². The molecule has 2 atom stereocenters. The Morgan fingerprint density at radius 2 is 2.12 bits per heavy atom. The Kier molecular flexibility index (Phi) is 8.13. The molecule has 0 heterocycles. The normalized spacial score (nSPS) is 14.1. The predicted octanol–water partition coefficient (Wildman–Crippen LogP) is 0.885. The molecule has 0 bridgehead atoms. The molecular weight excluding hydrogens is 167 g/mol. The van der Waals surface area contributed by atoms with E-state index in [0.29, 0.717) is 0 Å². The molecule has 0 aliphatic rings. The third-order valence-electron chi connectivity index (χ3n) is 0.951. The van der Waals surface area contributed by atoms with Crippen molar-refractivity contribution < 1.29 is 26.5 Å². The first-order chi connectivity index (χ1) is 3.18. The SMILES string of the molecule is CCC(C)[P+](=O)[O-].[Fe+3]. The Morgan fingerprint density at radius 3 is 2.12 bits per heavy atom. The van der Waals surface area contributed by atoms with Crippen LogP contribution in [0.15, 0.2) is 0 Å². The first-order valence-electron chi connectivity index (χ1n) is 2.32. The van der Waals surface area contributed by atoms with Gasteiger partial charge in [-0.15, -0.1) is 0 Å². The van der Waals surface area contributed by atoms with E-state index in [-0.39, 0.29) is 22.7 Å². The molecule has 0 aromatic carbocycles. The van der Waals surface area contributed by atoms with E-state index in [1.807, 2.05) is 6.92 Å². The molecule has 0 aromatic heterocycles. The summed E-state index contributed by atoms with van der Waals surface area (Å²) in [6, 6.07) is 0. The van der Waals surface area contributed by atoms with Gasteiger partial charge in [0.2, 0.25) is 0 Å². The van der Waals surface area contributed by atoms with Gasteiger partial charge in [0.1, 0.15) is 5.66 Å². The second-order valence-corrected chi connectivity index (χ2v) is 2.99. The molecule has 0 aromatic rings. The summed E-state index contributed by atoms with van der Waals surface area (Å²) >= 11 is 0. The van der Waals surface area contributed by atoms with E-state index in [1.54, 1.807) is 6.92 Å². The fourth-order valence-corrected chi connectivity index (χ4v) is 0.447. The van der Waals surface area contributed by atoms with Crippen LogP contribution in [0.2, 0.25) is 0 Å². The van der Waals surface area contributed by atoms with Crippen LogP contribution in [0.3, 0.4) is 0 Å². The Labute approximate surface area is 61.0 Å². The fraction of sp³-hybridized carbons (Fsp3) is 1.00. The van der Waals surface area contributed by atoms with Crippen LogP contribution in [0.4, 0.5) is 0 Å². The molecule has 0 rings (SSSR count). The summed E-state index contributed by atoms with van der Waals surface area (Å²) in [6.45, 7) is 3.56. The summed E-state index contributed by atoms with van der Waals surface area (Å²) in [7, 11) is -2.16. The van der Waals surface area contributed by atoms with Crippen molar-refractivity contribution in [3.63, 3.8) is 0 Å². The summed E-state index contributed by atoms with van der Waals surface area (Å²) in [5.74, 6) is 0. The molecule has 0 N–H and O–H groups in total. The van der Waals surface area contributed by atoms with Crippen LogP contribution in [0.5, 0.6) is 0 Å². The van der Waals surface area contributed by atoms with E-state index in [1.165, 1.54) is 0 Å². The largest absolute Gasteiger partial charge is 3.00 e. The topological polar surface area (TPSA) is 40.1 Å². The second-order valence-electron chi connectivity index (χ2n) is 1.54. The molecule has 4 heteroatoms. The number of hydrogen-bond donors (Lipinski definition) is 0. The van der Waals surface area contributed by atoms with Crippen LogP contribution in [0.1, 0.15) is 20.3 Å². The zero-order valence-electron chi connectivity index (χ0n) is 4.90. The molecule has 47 valence electrons. The number of hydrogen-bond acceptors (Lipinski definition) is 2. The third-order valence-corrected chi connectivity index (χ3v) is 2.04. The summed E-state index contributed by atoms with van der Waals surface area (Å²) in [4.78, 5) is 9.97. The molecule has 8 heavy (non-hydrogen) atoms. The summed E-state index contributed by atoms with van der Waals surface area (Å²) in [6.07, 6.45) is 0.721. The molecular formula is C4H9FeO2P+3. The molecule has 1 radical (unpaired) electrons. The third kappa shape index (κ3) is 4.73. The average molecular weight is 176 g/mol. The number of rotatable bonds is 2. The van der Waals surface area contributed by atoms with E-state index in [9.17, 15) is 9.46 Å². The van der Waals surface area contributed by atoms with Crippen LogP contribution >= 0.6 is 8.03 Å². The van der Waals surface area contributed by atoms with Gasteiger partial charge in [-0.25, -0.2) is 0 Å². The van der Waals surface area contributed by atoms with Crippen molar-refractivity contribution in [1.82, 2.24) is 0 Å². The molecule has 0 saturated heterocycles. The van der Waals surface area contributed by atoms with Crippen LogP contribution in [0, 0.1) is 0 Å². The van der Waals surface area contributed by atoms with E-state index in [0.717, 1.165) is 6.42 Å². The molecule has 0 spiro atoms. The Balaban J connectivity index is 0. The zero-order valence-corrected chi connectivity index (χ0v) is 6.90. The molecule has 2 nitrogen and oxygen atoms in total. The van der Waals surface area contributed by atoms with Crippen molar-refractivity contribution in [3.05, 3.63) is 0 Å². The Morgan fingerprint density at radius 1 is 1.75 bits per heavy atom. The standard InChI is InChI=1S/C4H9O2P.Fe/c1-3-4(2)7(5)6;/h4H,3H2,1-2H3;/q;+3. The molecule has 0 saturated carbocycles. The van der Waals surface area contributed by atoms with Crippen molar-refractivity contribution in [2.45, 2.75) is 25.9 Å². The van der Waals surface area contributed by atoms with E-state index < -0.39 is 8.03 Å². The maximum Gasteiger partial charge on any atom is 3.00 e. The van der Waals surface area contributed by atoms with E-state index >= 15 is 0 Å². The smallest absolute Gasteiger partial charge is 0.595 e. The van der Waals surface area contributed by atoms with Crippen molar-refractivity contribution in [3.8, 4) is 0 Å². The van der Waals surface area contributed by atoms with Gasteiger partial charge >= 0.3 is 25.1 Å². The zero-order chi connectivity index (χ0) is 5.86. The van der Waals surface area contributed by atoms with Crippen molar-refractivity contribution in [1.29, 1.82) is 0 Å². The van der Waals surface area contributed by atoms with E-state index in [2.05, 4.69) is 0 Å². The maximum atomic E-state index is 9.97. The van der Waals surface area contributed by atoms with Gasteiger partial charge in [-0.05, 0) is 13.3 Å². The van der Waals surface area contributed by atoms with Gasteiger partial charge in [-0.2, -0.15) is 0 Å². The van der Waals surface area contributed by atoms with Gasteiger partial charge in [-0.3, -0.25) is 0 Å². The van der Waals surface area contributed by atoms with E-state index in [4.69, 9.17) is 0 Å². The minimum atomic E-state index is -2.16. The minimum absolute atomic E-state index is 0. The maximum absolute atomic E-state index is 9.97. The Bertz CT molecular complexity index is 76.4. The minimum Gasteiger partial charge on any atom is -0.595 e. The van der Waals surface area contributed by atoms with Gasteiger partial charge in [-0.1, -0.05) is 11.5 Å². The quantitative estimate of drug-likeness (QED) is 0.462. The summed E-state index contributed by atoms with van der Waals surface area (Å²) in [5.41, 5.74) is -0.144. The monoisotopic (exact) mass is 176 g/mol. The van der Waals surface area contributed by atoms with Crippen LogP contribution in [0.25, 0.3) is 0 Å². The average Bonchev–Trinajstić information content (AvgIpc) is 1.65. The second kappa shape index (κ2) is 5.71. The van der Waals surface area contributed by atoms with Gasteiger partial charge in [0, 0.05) is 0 Å². The van der Waals surface area contributed by atoms with Crippen LogP contribution in [-0.4, -0.2) is 5.66 Å². The Hall–Kier alpha value is 0.579. The fourth-order valence-electron chi connectivity index (χ4n) is 0.149. The van der Waals surface area contributed by atoms with Crippen molar-refractivity contribution in [2.75, 3.05) is 0 Å². The van der Waals surface area contributed by atoms with Crippen LogP contribution in [-0.2, 0) is 21.6 Å². The van der Waals surface area contributed by atoms with Crippen molar-refractivity contribution in [2.24, 2.45) is 0 Å². The molecule has 0 amide bonds. The first kappa shape index (κ1) is 11.4. The molecule has 2 unspecified atom stereocenters. The van der Waals surface area contributed by atoms with Crippen LogP contribution < -0.4 is 4.89 Å². The summed E-state index contributed by atoms with van der Waals surface area (Å²) in [5, 5.41) is 0.